The monoisotopic (exact) mass is 90.0 g/mol. The van der Waals surface area contributed by atoms with Crippen molar-refractivity contribution in [3.63, 3.8) is 0 Å². The van der Waals surface area contributed by atoms with Gasteiger partial charge < -0.3 is 0 Å². The van der Waals surface area contributed by atoms with Gasteiger partial charge in [0, 0.05) is 0 Å². The van der Waals surface area contributed by atoms with Crippen molar-refractivity contribution in [3.05, 3.63) is 0 Å². The first-order valence-electron chi connectivity index (χ1n) is 0.607. The minimum atomic E-state index is 0.356. The number of hydrogen-bond donors (Lipinski definition) is 0. The maximum Gasteiger partial charge on any atom is 0.170 e. The lowest BCUT2D eigenvalue weighted by molar-refractivity contribution is 0.701. The Labute approximate surface area is 30.7 Å². The summed E-state index contributed by atoms with van der Waals surface area (Å²) >= 11 is 0. The van der Waals surface area contributed by atoms with Gasteiger partial charge in [-0.15, -0.1) is 0 Å². The molecule has 4 heteroatoms. The van der Waals surface area contributed by atoms with Crippen molar-refractivity contribution >= 4 is 25.6 Å². The molecule has 4 heavy (non-hydrogen) atoms. The van der Waals surface area contributed by atoms with Gasteiger partial charge in [-0.25, -0.2) is 4.21 Å². The summed E-state index contributed by atoms with van der Waals surface area (Å²) in [6, 6.07) is 0. The molecule has 0 aromatic rings. The van der Waals surface area contributed by atoms with Crippen LogP contribution in [0.1, 0.15) is 0 Å². The molecule has 0 aromatic heterocycles. The van der Waals surface area contributed by atoms with E-state index in [4.69, 9.17) is 4.21 Å². The summed E-state index contributed by atoms with van der Waals surface area (Å²) in [5.74, 6) is 0. The molecule has 0 fully saturated rings. The molecule has 0 saturated carbocycles. The van der Waals surface area contributed by atoms with Crippen molar-refractivity contribution in [2.75, 3.05) is 0 Å². The van der Waals surface area contributed by atoms with Crippen molar-refractivity contribution in [1.29, 1.82) is 0 Å². The molecule has 0 N–H and O–H groups in total. The van der Waals surface area contributed by atoms with Crippen LogP contribution in [0.3, 0.4) is 0 Å². The van der Waals surface area contributed by atoms with Gasteiger partial charge >= 0.3 is 0 Å². The molecule has 0 atom stereocenters. The highest BCUT2D eigenvalue weighted by atomic mass is 32.4. The lowest BCUT2D eigenvalue weighted by Gasteiger charge is -1.29. The maximum absolute atomic E-state index is 9.08. The minimum absolute atomic E-state index is 0.356. The van der Waals surface area contributed by atoms with Crippen molar-refractivity contribution in [1.82, 2.24) is 0 Å². The summed E-state index contributed by atoms with van der Waals surface area (Å²) in [5, 5.41) is 0. The molecule has 0 bridgehead atoms. The molecule has 0 amide bonds. The molecule has 0 heterocycles. The van der Waals surface area contributed by atoms with Gasteiger partial charge in [-0.3, -0.25) is 0 Å². The van der Waals surface area contributed by atoms with Gasteiger partial charge in [0.05, 0.1) is 0 Å². The Hall–Kier alpha value is 0.385. The Kier molecular flexibility index (Phi) is 3.71. The van der Waals surface area contributed by atoms with Gasteiger partial charge in [-0.1, -0.05) is 7.23 Å². The van der Waals surface area contributed by atoms with E-state index in [1.807, 2.05) is 0 Å². The molecule has 20 valence electrons. The molecule has 1 nitrogen and oxygen atoms in total. The third kappa shape index (κ3) is 2.38. The standard InChI is InChI=1S/BOPS/c1-3-4-2. The second kappa shape index (κ2) is 3.38. The average molecular weight is 89.9 g/mol. The summed E-state index contributed by atoms with van der Waals surface area (Å²) in [5.41, 5.74) is 0. The Balaban J connectivity index is 3.11. The molecule has 0 aliphatic heterocycles. The lowest BCUT2D eigenvalue weighted by Crippen LogP contribution is -1.19. The zero-order valence-electron chi connectivity index (χ0n) is 1.84. The third-order valence-electron chi connectivity index (χ3n) is 0.0430. The largest absolute Gasteiger partial charge is 0.209 e. The fourth-order valence-corrected chi connectivity index (χ4v) is 0. The van der Waals surface area contributed by atoms with Crippen LogP contribution in [0.2, 0.25) is 0 Å². The molecule has 0 spiro atoms. The summed E-state index contributed by atoms with van der Waals surface area (Å²) in [6.45, 7) is 0. The van der Waals surface area contributed by atoms with Crippen LogP contribution in [0.5, 0.6) is 0 Å². The van der Waals surface area contributed by atoms with E-state index >= 15 is 0 Å². The zero-order chi connectivity index (χ0) is 3.41. The molecular formula is BOPS. The van der Waals surface area contributed by atoms with Gasteiger partial charge in [-0.05, 0) is 0 Å². The normalized spacial score (nSPS) is 7.00. The number of hydrogen-bond acceptors (Lipinski definition) is 1. The van der Waals surface area contributed by atoms with Crippen LogP contribution in [0.15, 0.2) is 0 Å². The highest BCUT2D eigenvalue weighted by Gasteiger charge is 1.34. The maximum atomic E-state index is 9.08. The van der Waals surface area contributed by atoms with Crippen molar-refractivity contribution in [3.8, 4) is 0 Å². The summed E-state index contributed by atoms with van der Waals surface area (Å²) < 4.78 is 9.08. The first kappa shape index (κ1) is 4.38. The molecule has 0 aromatic carbocycles. The van der Waals surface area contributed by atoms with Crippen LogP contribution in [-0.4, -0.2) is 11.8 Å². The average Bonchev–Trinajstić information content (AvgIpc) is 1.37. The third-order valence-corrected chi connectivity index (χ3v) is 0.387. The lowest BCUT2D eigenvalue weighted by atomic mass is 10.8. The van der Waals surface area contributed by atoms with E-state index in [2.05, 4.69) is 7.57 Å². The highest BCUT2D eigenvalue weighted by molar-refractivity contribution is 8.10. The van der Waals surface area contributed by atoms with Crippen LogP contribution in [-0.2, 0) is 10.8 Å². The molecule has 2 radical (unpaired) electrons. The minimum Gasteiger partial charge on any atom is -0.209 e. The van der Waals surface area contributed by atoms with Crippen molar-refractivity contribution in [2.45, 2.75) is 0 Å². The van der Waals surface area contributed by atoms with E-state index in [9.17, 15) is 0 Å². The molecule has 0 aliphatic carbocycles. The summed E-state index contributed by atoms with van der Waals surface area (Å²) in [4.78, 5) is 0. The second-order valence-electron chi connectivity index (χ2n) is 0.180. The predicted octanol–water partition coefficient (Wildman–Crippen LogP) is 0.144. The first-order chi connectivity index (χ1) is 1.91. The first-order valence-corrected chi connectivity index (χ1v) is 2.92. The van der Waals surface area contributed by atoms with Gasteiger partial charge in [-0.2, -0.15) is 0 Å². The van der Waals surface area contributed by atoms with E-state index in [-0.39, 0.29) is 0 Å². The Morgan fingerprint density at radius 1 is 2.00 bits per heavy atom. The van der Waals surface area contributed by atoms with Crippen LogP contribution in [0, 0.1) is 0 Å². The predicted molar refractivity (Wildman–Crippen MR) is 20.8 cm³/mol. The van der Waals surface area contributed by atoms with E-state index in [1.54, 1.807) is 0 Å². The summed E-state index contributed by atoms with van der Waals surface area (Å²) in [6.07, 6.45) is 0. The van der Waals surface area contributed by atoms with Crippen molar-refractivity contribution in [2.24, 2.45) is 0 Å². The Bertz CT molecular complexity index is 46.0. The highest BCUT2D eigenvalue weighted by Crippen LogP contribution is 1.69. The molecule has 0 aliphatic rings. The quantitative estimate of drug-likeness (QED) is 0.305. The molecule has 0 saturated heterocycles. The van der Waals surface area contributed by atoms with Crippen LogP contribution in [0.4, 0.5) is 0 Å². The van der Waals surface area contributed by atoms with Gasteiger partial charge in [0.1, 0.15) is 10.8 Å². The van der Waals surface area contributed by atoms with Crippen LogP contribution >= 0.6 is 7.23 Å². The van der Waals surface area contributed by atoms with Crippen molar-refractivity contribution < 1.29 is 4.21 Å². The van der Waals surface area contributed by atoms with E-state index in [0.717, 1.165) is 0 Å². The van der Waals surface area contributed by atoms with E-state index in [0.29, 0.717) is 18.1 Å². The Morgan fingerprint density at radius 2 is 2.25 bits per heavy atom. The molecule has 0 rings (SSSR count). The molecule has 0 unspecified atom stereocenters. The van der Waals surface area contributed by atoms with Gasteiger partial charge in [0.2, 0.25) is 0 Å². The topological polar surface area (TPSA) is 17.1 Å². The second-order valence-corrected chi connectivity index (χ2v) is 1.62. The van der Waals surface area contributed by atoms with Gasteiger partial charge in [0.25, 0.3) is 0 Å². The fourth-order valence-electron chi connectivity index (χ4n) is 0. The Morgan fingerprint density at radius 3 is 2.25 bits per heavy atom. The van der Waals surface area contributed by atoms with Gasteiger partial charge in [0.15, 0.2) is 7.57 Å². The zero-order valence-corrected chi connectivity index (χ0v) is 3.55. The summed E-state index contributed by atoms with van der Waals surface area (Å²) in [7, 11) is 5.37. The number of rotatable bonds is 0. The smallest absolute Gasteiger partial charge is 0.170 e. The van der Waals surface area contributed by atoms with E-state index < -0.39 is 0 Å². The molecular weight excluding hydrogens is 89.9 g/mol. The van der Waals surface area contributed by atoms with Crippen LogP contribution < -0.4 is 0 Å². The SMILES string of the molecule is [B]P=S=O. The fraction of sp³-hybridized carbons (Fsp3) is 0. The van der Waals surface area contributed by atoms with Crippen LogP contribution in [0.25, 0.3) is 0 Å². The van der Waals surface area contributed by atoms with E-state index in [1.165, 1.54) is 0 Å².